The van der Waals surface area contributed by atoms with E-state index in [-0.39, 0.29) is 42.1 Å². The van der Waals surface area contributed by atoms with Crippen molar-refractivity contribution in [3.63, 3.8) is 0 Å². The molecule has 1 aromatic rings. The van der Waals surface area contributed by atoms with Crippen molar-refractivity contribution in [3.05, 3.63) is 58.5 Å². The van der Waals surface area contributed by atoms with Crippen LogP contribution in [-0.2, 0) is 14.9 Å². The van der Waals surface area contributed by atoms with E-state index in [0.717, 1.165) is 6.42 Å². The predicted octanol–water partition coefficient (Wildman–Crippen LogP) is 5.80. The second kappa shape index (κ2) is 12.3. The van der Waals surface area contributed by atoms with Crippen molar-refractivity contribution in [1.82, 2.24) is 0 Å². The molecule has 1 aliphatic rings. The molecule has 3 atom stereocenters. The molecule has 1 N–H and O–H groups in total. The molecule has 3 unspecified atom stereocenters. The van der Waals surface area contributed by atoms with Crippen LogP contribution in [0.5, 0.6) is 5.75 Å². The average molecular weight is 494 g/mol. The van der Waals surface area contributed by atoms with Crippen LogP contribution in [-0.4, -0.2) is 55.2 Å². The molecule has 0 fully saturated rings. The molecule has 0 saturated carbocycles. The maximum Gasteiger partial charge on any atom is 0.149 e. The lowest BCUT2D eigenvalue weighted by molar-refractivity contribution is -0.0145. The average Bonchev–Trinajstić information content (AvgIpc) is 2.79. The number of hydrogen-bond donors (Lipinski definition) is 1. The number of aliphatic hydroxyl groups is 1. The highest BCUT2D eigenvalue weighted by Crippen LogP contribution is 2.39. The topological polar surface area (TPSA) is 77.3 Å². The summed E-state index contributed by atoms with van der Waals surface area (Å²) in [5.41, 5.74) is 1.80. The van der Waals surface area contributed by atoms with Gasteiger partial charge in [-0.1, -0.05) is 56.3 Å². The first-order chi connectivity index (χ1) is 15.9. The molecule has 190 valence electrons. The Hall–Kier alpha value is -1.73. The highest BCUT2D eigenvalue weighted by atomic mass is 35.5. The molecule has 0 radical (unpaired) electrons. The fraction of sp³-hybridized carbons (Fsp3) is 0.630. The molecule has 34 heavy (non-hydrogen) atoms. The van der Waals surface area contributed by atoms with E-state index in [4.69, 9.17) is 25.8 Å². The molecule has 1 aliphatic carbocycles. The zero-order chi connectivity index (χ0) is 25.4. The van der Waals surface area contributed by atoms with Gasteiger partial charge < -0.3 is 19.3 Å². The van der Waals surface area contributed by atoms with Crippen LogP contribution in [0.15, 0.2) is 53.2 Å². The molecule has 0 amide bonds. The number of ether oxygens (including phenoxy) is 3. The Bertz CT molecular complexity index is 844. The molecule has 0 aromatic heterocycles. The van der Waals surface area contributed by atoms with E-state index in [0.29, 0.717) is 12.4 Å². The Morgan fingerprint density at radius 3 is 2.32 bits per heavy atom. The number of rotatable bonds is 13. The lowest BCUT2D eigenvalue weighted by Crippen LogP contribution is -2.28. The van der Waals surface area contributed by atoms with Crippen molar-refractivity contribution >= 4 is 11.6 Å². The number of benzene rings is 1. The lowest BCUT2D eigenvalue weighted by atomic mass is 9.72. The van der Waals surface area contributed by atoms with Gasteiger partial charge in [0.2, 0.25) is 0 Å². The first-order valence-electron chi connectivity index (χ1n) is 11.8. The summed E-state index contributed by atoms with van der Waals surface area (Å²) in [7, 11) is 0. The van der Waals surface area contributed by atoms with Gasteiger partial charge >= 0.3 is 0 Å². The first kappa shape index (κ1) is 28.5. The van der Waals surface area contributed by atoms with Crippen LogP contribution in [0.1, 0.15) is 53.5 Å². The van der Waals surface area contributed by atoms with Crippen LogP contribution in [0.4, 0.5) is 0 Å². The first-order valence-corrected chi connectivity index (χ1v) is 12.3. The highest BCUT2D eigenvalue weighted by molar-refractivity contribution is 6.18. The van der Waals surface area contributed by atoms with Crippen LogP contribution >= 0.6 is 11.6 Å². The van der Waals surface area contributed by atoms with E-state index in [1.807, 2.05) is 32.9 Å². The minimum Gasteiger partial charge on any atom is -0.491 e. The molecule has 0 aliphatic heterocycles. The predicted molar refractivity (Wildman–Crippen MR) is 138 cm³/mol. The summed E-state index contributed by atoms with van der Waals surface area (Å²) in [6.45, 7) is 13.6. The Morgan fingerprint density at radius 1 is 1.12 bits per heavy atom. The SMILES string of the molecule is CC1(COCC(O)CCl)C=CC(C(C)(C)c2ccc(OCC(COC(C)(C)C)N=O)cc2)=CC1. The fourth-order valence-electron chi connectivity index (χ4n) is 3.60. The number of halogens is 1. The number of nitroso groups, excluding NO2 is 1. The number of aliphatic hydroxyl groups excluding tert-OH is 1. The van der Waals surface area contributed by atoms with E-state index >= 15 is 0 Å². The van der Waals surface area contributed by atoms with Gasteiger partial charge in [-0.15, -0.1) is 11.6 Å². The molecular formula is C27H40ClNO5. The van der Waals surface area contributed by atoms with Crippen molar-refractivity contribution < 1.29 is 19.3 Å². The summed E-state index contributed by atoms with van der Waals surface area (Å²) in [5, 5.41) is 12.7. The van der Waals surface area contributed by atoms with Gasteiger partial charge in [0.05, 0.1) is 37.4 Å². The molecule has 0 saturated heterocycles. The Balaban J connectivity index is 1.94. The van der Waals surface area contributed by atoms with E-state index in [1.54, 1.807) is 0 Å². The van der Waals surface area contributed by atoms with Gasteiger partial charge in [-0.05, 0) is 50.5 Å². The molecule has 0 bridgehead atoms. The molecular weight excluding hydrogens is 454 g/mol. The molecule has 6 nitrogen and oxygen atoms in total. The number of allylic oxidation sites excluding steroid dienone is 3. The second-order valence-corrected chi connectivity index (χ2v) is 11.1. The summed E-state index contributed by atoms with van der Waals surface area (Å²) < 4.78 is 17.1. The third-order valence-corrected chi connectivity index (χ3v) is 6.33. The highest BCUT2D eigenvalue weighted by Gasteiger charge is 2.30. The molecule has 2 rings (SSSR count). The van der Waals surface area contributed by atoms with Crippen LogP contribution in [0.2, 0.25) is 0 Å². The third-order valence-electron chi connectivity index (χ3n) is 5.97. The number of hydrogen-bond acceptors (Lipinski definition) is 6. The maximum atomic E-state index is 11.1. The summed E-state index contributed by atoms with van der Waals surface area (Å²) in [5.74, 6) is 0.871. The largest absolute Gasteiger partial charge is 0.491 e. The fourth-order valence-corrected chi connectivity index (χ4v) is 3.68. The van der Waals surface area contributed by atoms with Crippen LogP contribution in [0, 0.1) is 10.3 Å². The maximum absolute atomic E-state index is 11.1. The Labute approximate surface area is 209 Å². The number of nitrogens with zero attached hydrogens (tertiary/aromatic N) is 1. The van der Waals surface area contributed by atoms with Gasteiger partial charge in [-0.3, -0.25) is 0 Å². The summed E-state index contributed by atoms with van der Waals surface area (Å²) >= 11 is 5.63. The monoisotopic (exact) mass is 493 g/mol. The van der Waals surface area contributed by atoms with Crippen LogP contribution in [0.25, 0.3) is 0 Å². The Morgan fingerprint density at radius 2 is 1.79 bits per heavy atom. The van der Waals surface area contributed by atoms with E-state index in [1.165, 1.54) is 11.1 Å². The zero-order valence-electron chi connectivity index (χ0n) is 21.3. The molecule has 0 spiro atoms. The van der Waals surface area contributed by atoms with Crippen LogP contribution < -0.4 is 4.74 Å². The summed E-state index contributed by atoms with van der Waals surface area (Å²) in [6, 6.07) is 7.42. The van der Waals surface area contributed by atoms with Crippen molar-refractivity contribution in [2.24, 2.45) is 10.6 Å². The molecule has 0 heterocycles. The Kier molecular flexibility index (Phi) is 10.3. The quantitative estimate of drug-likeness (QED) is 0.277. The van der Waals surface area contributed by atoms with Crippen LogP contribution in [0.3, 0.4) is 0 Å². The summed E-state index contributed by atoms with van der Waals surface area (Å²) in [6.07, 6.45) is 6.86. The minimum absolute atomic E-state index is 0.108. The normalized spacial score (nSPS) is 20.5. The van der Waals surface area contributed by atoms with Gasteiger partial charge in [-0.2, -0.15) is 4.91 Å². The molecule has 1 aromatic carbocycles. The van der Waals surface area contributed by atoms with E-state index in [9.17, 15) is 10.0 Å². The second-order valence-electron chi connectivity index (χ2n) is 10.8. The summed E-state index contributed by atoms with van der Waals surface area (Å²) in [4.78, 5) is 11.1. The van der Waals surface area contributed by atoms with Gasteiger partial charge in [0.15, 0.2) is 0 Å². The van der Waals surface area contributed by atoms with E-state index in [2.05, 4.69) is 56.3 Å². The van der Waals surface area contributed by atoms with E-state index < -0.39 is 12.1 Å². The number of alkyl halides is 1. The standard InChI is InChI=1S/C27H40ClNO5/c1-25(2,3)34-17-22(29-31)16-33-24-9-7-20(8-10-24)26(4,5)21-11-13-27(6,14-12-21)19-32-18-23(30)15-28/h7-13,22-23,30H,14-19H2,1-6H3. The lowest BCUT2D eigenvalue weighted by Gasteiger charge is -2.34. The third kappa shape index (κ3) is 8.81. The minimum atomic E-state index is -0.632. The van der Waals surface area contributed by atoms with Crippen molar-refractivity contribution in [2.45, 2.75) is 71.1 Å². The van der Waals surface area contributed by atoms with Gasteiger partial charge in [0.25, 0.3) is 0 Å². The zero-order valence-corrected chi connectivity index (χ0v) is 22.1. The van der Waals surface area contributed by atoms with Crippen molar-refractivity contribution in [1.29, 1.82) is 0 Å². The smallest absolute Gasteiger partial charge is 0.149 e. The van der Waals surface area contributed by atoms with Crippen molar-refractivity contribution in [3.8, 4) is 5.75 Å². The van der Waals surface area contributed by atoms with Gasteiger partial charge in [-0.25, -0.2) is 0 Å². The molecule has 7 heteroatoms. The van der Waals surface area contributed by atoms with Gasteiger partial charge in [0.1, 0.15) is 18.4 Å². The van der Waals surface area contributed by atoms with Crippen molar-refractivity contribution in [2.75, 3.05) is 32.3 Å². The van der Waals surface area contributed by atoms with Gasteiger partial charge in [0, 0.05) is 10.8 Å².